The Morgan fingerprint density at radius 3 is 2.54 bits per heavy atom. The van der Waals surface area contributed by atoms with Crippen molar-refractivity contribution in [2.45, 2.75) is 11.8 Å². The summed E-state index contributed by atoms with van der Waals surface area (Å²) in [5.74, 6) is -4.07. The van der Waals surface area contributed by atoms with Gasteiger partial charge in [-0.15, -0.1) is 12.6 Å². The standard InChI is InChI=1S/C8H6F2O2S/c1-3-2-4(9)6(10)5(7(3)13)8(11)12/h2,13H,1H3,(H,11,12). The zero-order valence-electron chi connectivity index (χ0n) is 6.64. The number of benzene rings is 1. The van der Waals surface area contributed by atoms with Gasteiger partial charge in [0.25, 0.3) is 0 Å². The van der Waals surface area contributed by atoms with Crippen LogP contribution in [0.1, 0.15) is 15.9 Å². The highest BCUT2D eigenvalue weighted by Gasteiger charge is 2.19. The van der Waals surface area contributed by atoms with E-state index in [0.717, 1.165) is 6.07 Å². The van der Waals surface area contributed by atoms with Crippen LogP contribution in [0.4, 0.5) is 8.78 Å². The van der Waals surface area contributed by atoms with Crippen molar-refractivity contribution < 1.29 is 18.7 Å². The van der Waals surface area contributed by atoms with Gasteiger partial charge in [-0.1, -0.05) is 0 Å². The molecule has 0 spiro atoms. The molecule has 5 heteroatoms. The number of rotatable bonds is 1. The smallest absolute Gasteiger partial charge is 0.339 e. The SMILES string of the molecule is Cc1cc(F)c(F)c(C(=O)O)c1S. The lowest BCUT2D eigenvalue weighted by Crippen LogP contribution is -2.05. The molecular formula is C8H6F2O2S. The lowest BCUT2D eigenvalue weighted by Gasteiger charge is -2.05. The molecule has 0 saturated carbocycles. The monoisotopic (exact) mass is 204 g/mol. The predicted octanol–water partition coefficient (Wildman–Crippen LogP) is 2.26. The highest BCUT2D eigenvalue weighted by Crippen LogP contribution is 2.23. The molecule has 0 heterocycles. The van der Waals surface area contributed by atoms with Crippen molar-refractivity contribution in [3.05, 3.63) is 28.8 Å². The molecule has 1 aromatic carbocycles. The Bertz CT molecular complexity index is 351. The third-order valence-corrected chi connectivity index (χ3v) is 2.17. The molecule has 0 unspecified atom stereocenters. The summed E-state index contributed by atoms with van der Waals surface area (Å²) >= 11 is 3.78. The fourth-order valence-electron chi connectivity index (χ4n) is 0.938. The lowest BCUT2D eigenvalue weighted by atomic mass is 10.1. The van der Waals surface area contributed by atoms with E-state index in [1.807, 2.05) is 0 Å². The highest BCUT2D eigenvalue weighted by atomic mass is 32.1. The number of hydrogen-bond acceptors (Lipinski definition) is 2. The van der Waals surface area contributed by atoms with Crippen LogP contribution in [0.3, 0.4) is 0 Å². The molecular weight excluding hydrogens is 198 g/mol. The third-order valence-electron chi connectivity index (χ3n) is 1.60. The summed E-state index contributed by atoms with van der Waals surface area (Å²) < 4.78 is 25.6. The Morgan fingerprint density at radius 2 is 2.08 bits per heavy atom. The third kappa shape index (κ3) is 1.65. The van der Waals surface area contributed by atoms with E-state index in [4.69, 9.17) is 5.11 Å². The lowest BCUT2D eigenvalue weighted by molar-refractivity contribution is 0.0686. The molecule has 13 heavy (non-hydrogen) atoms. The number of aryl methyl sites for hydroxylation is 1. The molecule has 0 bridgehead atoms. The maximum atomic E-state index is 12.9. The first-order valence-electron chi connectivity index (χ1n) is 3.36. The molecule has 0 aliphatic heterocycles. The number of halogens is 2. The van der Waals surface area contributed by atoms with Crippen molar-refractivity contribution in [2.24, 2.45) is 0 Å². The maximum Gasteiger partial charge on any atom is 0.339 e. The summed E-state index contributed by atoms with van der Waals surface area (Å²) in [6, 6.07) is 0.907. The number of carboxylic acid groups (broad SMARTS) is 1. The Kier molecular flexibility index (Phi) is 2.56. The Hall–Kier alpha value is -1.10. The van der Waals surface area contributed by atoms with Gasteiger partial charge < -0.3 is 5.11 Å². The van der Waals surface area contributed by atoms with E-state index in [0.29, 0.717) is 5.56 Å². The summed E-state index contributed by atoms with van der Waals surface area (Å²) in [4.78, 5) is 10.4. The first-order chi connectivity index (χ1) is 5.95. The topological polar surface area (TPSA) is 37.3 Å². The number of carbonyl (C=O) groups is 1. The van der Waals surface area contributed by atoms with Crippen molar-refractivity contribution in [2.75, 3.05) is 0 Å². The number of aromatic carboxylic acids is 1. The summed E-state index contributed by atoms with van der Waals surface area (Å²) in [5.41, 5.74) is -0.430. The molecule has 0 amide bonds. The average molecular weight is 204 g/mol. The van der Waals surface area contributed by atoms with Crippen molar-refractivity contribution in [1.29, 1.82) is 0 Å². The maximum absolute atomic E-state index is 12.9. The van der Waals surface area contributed by atoms with Crippen LogP contribution in [-0.2, 0) is 0 Å². The molecule has 0 saturated heterocycles. The molecule has 70 valence electrons. The molecule has 0 fully saturated rings. The fourth-order valence-corrected chi connectivity index (χ4v) is 1.20. The Morgan fingerprint density at radius 1 is 1.54 bits per heavy atom. The van der Waals surface area contributed by atoms with E-state index in [1.54, 1.807) is 0 Å². The molecule has 1 N–H and O–H groups in total. The Labute approximate surface area is 78.6 Å². The quantitative estimate of drug-likeness (QED) is 0.688. The number of thiol groups is 1. The molecule has 1 rings (SSSR count). The molecule has 0 aliphatic rings. The van der Waals surface area contributed by atoms with Gasteiger partial charge in [0, 0.05) is 4.90 Å². The first kappa shape index (κ1) is 9.98. The second kappa shape index (κ2) is 3.33. The second-order valence-electron chi connectivity index (χ2n) is 2.52. The second-order valence-corrected chi connectivity index (χ2v) is 2.97. The molecule has 0 atom stereocenters. The van der Waals surface area contributed by atoms with Gasteiger partial charge in [0.2, 0.25) is 0 Å². The van der Waals surface area contributed by atoms with Gasteiger partial charge in [-0.3, -0.25) is 0 Å². The summed E-state index contributed by atoms with van der Waals surface area (Å²) in [5, 5.41) is 8.54. The van der Waals surface area contributed by atoms with Gasteiger partial charge in [0.1, 0.15) is 5.56 Å². The number of hydrogen-bond donors (Lipinski definition) is 2. The van der Waals surface area contributed by atoms with Crippen LogP contribution in [0.5, 0.6) is 0 Å². The summed E-state index contributed by atoms with van der Waals surface area (Å²) in [7, 11) is 0. The van der Waals surface area contributed by atoms with Crippen LogP contribution in [0.15, 0.2) is 11.0 Å². The molecule has 0 aromatic heterocycles. The van der Waals surface area contributed by atoms with Gasteiger partial charge in [0.15, 0.2) is 11.6 Å². The zero-order chi connectivity index (χ0) is 10.2. The largest absolute Gasteiger partial charge is 0.478 e. The van der Waals surface area contributed by atoms with Crippen LogP contribution in [0.2, 0.25) is 0 Å². The highest BCUT2D eigenvalue weighted by molar-refractivity contribution is 7.80. The van der Waals surface area contributed by atoms with E-state index < -0.39 is 23.2 Å². The first-order valence-corrected chi connectivity index (χ1v) is 3.80. The minimum atomic E-state index is -1.52. The van der Waals surface area contributed by atoms with E-state index in [1.165, 1.54) is 6.92 Å². The van der Waals surface area contributed by atoms with Crippen molar-refractivity contribution >= 4 is 18.6 Å². The summed E-state index contributed by atoms with van der Waals surface area (Å²) in [6.45, 7) is 1.46. The molecule has 0 radical (unpaired) electrons. The molecule has 1 aromatic rings. The van der Waals surface area contributed by atoms with Gasteiger partial charge in [0.05, 0.1) is 0 Å². The van der Waals surface area contributed by atoms with Crippen LogP contribution in [0, 0.1) is 18.6 Å². The van der Waals surface area contributed by atoms with E-state index in [2.05, 4.69) is 12.6 Å². The predicted molar refractivity (Wildman–Crippen MR) is 45.3 cm³/mol. The van der Waals surface area contributed by atoms with E-state index >= 15 is 0 Å². The van der Waals surface area contributed by atoms with Crippen molar-refractivity contribution in [3.8, 4) is 0 Å². The minimum Gasteiger partial charge on any atom is -0.478 e. The van der Waals surface area contributed by atoms with Crippen LogP contribution in [0.25, 0.3) is 0 Å². The minimum absolute atomic E-state index is 0.0496. The summed E-state index contributed by atoms with van der Waals surface area (Å²) in [6.07, 6.45) is 0. The zero-order valence-corrected chi connectivity index (χ0v) is 7.53. The van der Waals surface area contributed by atoms with Gasteiger partial charge in [-0.05, 0) is 18.6 Å². The van der Waals surface area contributed by atoms with E-state index in [9.17, 15) is 13.6 Å². The Balaban J connectivity index is 3.56. The van der Waals surface area contributed by atoms with Crippen LogP contribution in [-0.4, -0.2) is 11.1 Å². The van der Waals surface area contributed by atoms with Gasteiger partial charge >= 0.3 is 5.97 Å². The molecule has 2 nitrogen and oxygen atoms in total. The van der Waals surface area contributed by atoms with Crippen LogP contribution < -0.4 is 0 Å². The van der Waals surface area contributed by atoms with Crippen LogP contribution >= 0.6 is 12.6 Å². The number of carboxylic acids is 1. The normalized spacial score (nSPS) is 10.2. The van der Waals surface area contributed by atoms with Crippen molar-refractivity contribution in [1.82, 2.24) is 0 Å². The average Bonchev–Trinajstić information content (AvgIpc) is 2.01. The van der Waals surface area contributed by atoms with E-state index in [-0.39, 0.29) is 4.90 Å². The fraction of sp³-hybridized carbons (Fsp3) is 0.125. The van der Waals surface area contributed by atoms with Crippen molar-refractivity contribution in [3.63, 3.8) is 0 Å². The van der Waals surface area contributed by atoms with Gasteiger partial charge in [-0.2, -0.15) is 0 Å². The molecule has 0 aliphatic carbocycles. The van der Waals surface area contributed by atoms with Gasteiger partial charge in [-0.25, -0.2) is 13.6 Å².